The molecule has 3 N–H and O–H groups in total. The van der Waals surface area contributed by atoms with E-state index in [0.717, 1.165) is 18.4 Å². The fourth-order valence-corrected chi connectivity index (χ4v) is 2.67. The summed E-state index contributed by atoms with van der Waals surface area (Å²) in [6.07, 6.45) is 2.80. The molecule has 1 aliphatic rings. The standard InChI is InChI=1S/C18H19N3O4/c22-17(15-7-3-9-25-15)21-13-5-1-4-12(10-13)11-20-16-14(18(23)24)6-2-8-19-16/h1-2,4-6,8,10,15H,3,7,9,11H2,(H,19,20)(H,21,22)(H,23,24). The number of nitrogens with one attached hydrogen (secondary N) is 2. The van der Waals surface area contributed by atoms with E-state index in [1.54, 1.807) is 12.1 Å². The van der Waals surface area contributed by atoms with Gasteiger partial charge in [0.15, 0.2) is 0 Å². The number of rotatable bonds is 6. The number of benzene rings is 1. The highest BCUT2D eigenvalue weighted by atomic mass is 16.5. The summed E-state index contributed by atoms with van der Waals surface area (Å²) in [4.78, 5) is 27.4. The van der Waals surface area contributed by atoms with Gasteiger partial charge in [0.2, 0.25) is 0 Å². The molecule has 0 aliphatic carbocycles. The van der Waals surface area contributed by atoms with Crippen LogP contribution < -0.4 is 10.6 Å². The molecule has 2 heterocycles. The summed E-state index contributed by atoms with van der Waals surface area (Å²) in [5, 5.41) is 15.0. The highest BCUT2D eigenvalue weighted by Gasteiger charge is 2.23. The molecule has 1 aromatic heterocycles. The lowest BCUT2D eigenvalue weighted by Gasteiger charge is -2.12. The smallest absolute Gasteiger partial charge is 0.339 e. The number of amides is 1. The van der Waals surface area contributed by atoms with Crippen molar-refractivity contribution in [2.45, 2.75) is 25.5 Å². The summed E-state index contributed by atoms with van der Waals surface area (Å²) in [6.45, 7) is 1.01. The first kappa shape index (κ1) is 16.9. The van der Waals surface area contributed by atoms with Gasteiger partial charge in [-0.25, -0.2) is 9.78 Å². The summed E-state index contributed by atoms with van der Waals surface area (Å²) in [5.41, 5.74) is 1.69. The number of hydrogen-bond acceptors (Lipinski definition) is 5. The van der Waals surface area contributed by atoms with Crippen LogP contribution in [-0.2, 0) is 16.1 Å². The predicted molar refractivity (Wildman–Crippen MR) is 92.6 cm³/mol. The third kappa shape index (κ3) is 4.33. The van der Waals surface area contributed by atoms with Crippen molar-refractivity contribution >= 4 is 23.4 Å². The summed E-state index contributed by atoms with van der Waals surface area (Å²) in [5.74, 6) is -0.863. The fraction of sp³-hybridized carbons (Fsp3) is 0.278. The van der Waals surface area contributed by atoms with Crippen LogP contribution in [0.4, 0.5) is 11.5 Å². The zero-order chi connectivity index (χ0) is 17.6. The van der Waals surface area contributed by atoms with E-state index in [9.17, 15) is 14.7 Å². The number of carboxylic acids is 1. The van der Waals surface area contributed by atoms with E-state index in [2.05, 4.69) is 15.6 Å². The molecule has 7 nitrogen and oxygen atoms in total. The molecule has 1 aliphatic heterocycles. The first-order chi connectivity index (χ1) is 12.1. The van der Waals surface area contributed by atoms with Crippen LogP contribution in [0, 0.1) is 0 Å². The number of ether oxygens (including phenoxy) is 1. The fourth-order valence-electron chi connectivity index (χ4n) is 2.67. The number of anilines is 2. The van der Waals surface area contributed by atoms with Gasteiger partial charge in [-0.15, -0.1) is 0 Å². The van der Waals surface area contributed by atoms with Gasteiger partial charge in [-0.3, -0.25) is 4.79 Å². The first-order valence-electron chi connectivity index (χ1n) is 8.07. The molecule has 1 fully saturated rings. The van der Waals surface area contributed by atoms with Gasteiger partial charge in [-0.05, 0) is 42.7 Å². The molecule has 1 amide bonds. The van der Waals surface area contributed by atoms with Gasteiger partial charge in [-0.2, -0.15) is 0 Å². The van der Waals surface area contributed by atoms with E-state index in [4.69, 9.17) is 4.74 Å². The molecular formula is C18H19N3O4. The van der Waals surface area contributed by atoms with E-state index >= 15 is 0 Å². The van der Waals surface area contributed by atoms with Crippen LogP contribution in [0.2, 0.25) is 0 Å². The van der Waals surface area contributed by atoms with E-state index < -0.39 is 5.97 Å². The molecule has 1 atom stereocenters. The van der Waals surface area contributed by atoms with Crippen molar-refractivity contribution < 1.29 is 19.4 Å². The van der Waals surface area contributed by atoms with Gasteiger partial charge in [-0.1, -0.05) is 12.1 Å². The summed E-state index contributed by atoms with van der Waals surface area (Å²) >= 11 is 0. The van der Waals surface area contributed by atoms with Crippen LogP contribution in [0.5, 0.6) is 0 Å². The zero-order valence-electron chi connectivity index (χ0n) is 13.6. The Kier molecular flexibility index (Phi) is 5.25. The van der Waals surface area contributed by atoms with Crippen LogP contribution >= 0.6 is 0 Å². The quantitative estimate of drug-likeness (QED) is 0.746. The van der Waals surface area contributed by atoms with E-state index in [-0.39, 0.29) is 17.6 Å². The monoisotopic (exact) mass is 341 g/mol. The normalized spacial score (nSPS) is 16.4. The third-order valence-corrected chi connectivity index (χ3v) is 3.91. The molecule has 1 unspecified atom stereocenters. The number of aromatic carboxylic acids is 1. The highest BCUT2D eigenvalue weighted by Crippen LogP contribution is 2.18. The van der Waals surface area contributed by atoms with Crippen LogP contribution in [0.1, 0.15) is 28.8 Å². The predicted octanol–water partition coefficient (Wildman–Crippen LogP) is 2.51. The molecule has 25 heavy (non-hydrogen) atoms. The minimum Gasteiger partial charge on any atom is -0.478 e. The van der Waals surface area contributed by atoms with Gasteiger partial charge in [0.25, 0.3) is 5.91 Å². The number of hydrogen-bond donors (Lipinski definition) is 3. The molecule has 0 bridgehead atoms. The van der Waals surface area contributed by atoms with Gasteiger partial charge in [0.05, 0.1) is 0 Å². The average molecular weight is 341 g/mol. The maximum atomic E-state index is 12.1. The minimum atomic E-state index is -1.03. The zero-order valence-corrected chi connectivity index (χ0v) is 13.6. The number of nitrogens with zero attached hydrogens (tertiary/aromatic N) is 1. The Hall–Kier alpha value is -2.93. The maximum absolute atomic E-state index is 12.1. The first-order valence-corrected chi connectivity index (χ1v) is 8.07. The Morgan fingerprint density at radius 3 is 2.92 bits per heavy atom. The largest absolute Gasteiger partial charge is 0.478 e. The van der Waals surface area contributed by atoms with Gasteiger partial charge in [0, 0.05) is 25.0 Å². The third-order valence-electron chi connectivity index (χ3n) is 3.91. The van der Waals surface area contributed by atoms with Crippen molar-refractivity contribution in [2.24, 2.45) is 0 Å². The number of carbonyl (C=O) groups is 2. The van der Waals surface area contributed by atoms with Crippen molar-refractivity contribution in [3.8, 4) is 0 Å². The second-order valence-corrected chi connectivity index (χ2v) is 5.75. The molecule has 1 saturated heterocycles. The van der Waals surface area contributed by atoms with Gasteiger partial charge in [0.1, 0.15) is 17.5 Å². The van der Waals surface area contributed by atoms with Crippen molar-refractivity contribution in [3.05, 3.63) is 53.7 Å². The Balaban J connectivity index is 1.64. The number of aromatic nitrogens is 1. The number of carbonyl (C=O) groups excluding carboxylic acids is 1. The lowest BCUT2D eigenvalue weighted by Crippen LogP contribution is -2.26. The van der Waals surface area contributed by atoms with Crippen molar-refractivity contribution in [3.63, 3.8) is 0 Å². The SMILES string of the molecule is O=C(O)c1cccnc1NCc1cccc(NC(=O)C2CCCO2)c1. The molecule has 3 rings (SSSR count). The molecule has 0 saturated carbocycles. The van der Waals surface area contributed by atoms with Crippen LogP contribution in [0.3, 0.4) is 0 Å². The lowest BCUT2D eigenvalue weighted by molar-refractivity contribution is -0.124. The Morgan fingerprint density at radius 1 is 1.28 bits per heavy atom. The van der Waals surface area contributed by atoms with E-state index in [0.29, 0.717) is 24.7 Å². The summed E-state index contributed by atoms with van der Waals surface area (Å²) in [7, 11) is 0. The van der Waals surface area contributed by atoms with Crippen LogP contribution in [0.15, 0.2) is 42.6 Å². The van der Waals surface area contributed by atoms with Gasteiger partial charge >= 0.3 is 5.97 Å². The van der Waals surface area contributed by atoms with Gasteiger partial charge < -0.3 is 20.5 Å². The molecule has 130 valence electrons. The number of carboxylic acid groups (broad SMARTS) is 1. The topological polar surface area (TPSA) is 101 Å². The molecule has 2 aromatic rings. The molecule has 0 radical (unpaired) electrons. The van der Waals surface area contributed by atoms with E-state index in [1.165, 1.54) is 12.3 Å². The lowest BCUT2D eigenvalue weighted by atomic mass is 10.1. The molecule has 1 aromatic carbocycles. The molecule has 0 spiro atoms. The molecular weight excluding hydrogens is 322 g/mol. The molecule has 7 heteroatoms. The van der Waals surface area contributed by atoms with Crippen molar-refractivity contribution in [2.75, 3.05) is 17.2 Å². The van der Waals surface area contributed by atoms with Crippen LogP contribution in [-0.4, -0.2) is 34.7 Å². The number of pyridine rings is 1. The Labute approximate surface area is 145 Å². The summed E-state index contributed by atoms with van der Waals surface area (Å²) in [6, 6.07) is 10.4. The van der Waals surface area contributed by atoms with Crippen LogP contribution in [0.25, 0.3) is 0 Å². The van der Waals surface area contributed by atoms with Crippen molar-refractivity contribution in [1.29, 1.82) is 0 Å². The Bertz CT molecular complexity index is 772. The second kappa shape index (κ2) is 7.76. The minimum absolute atomic E-state index is 0.116. The van der Waals surface area contributed by atoms with E-state index in [1.807, 2.05) is 18.2 Å². The van der Waals surface area contributed by atoms with Crippen molar-refractivity contribution in [1.82, 2.24) is 4.98 Å². The maximum Gasteiger partial charge on any atom is 0.339 e. The second-order valence-electron chi connectivity index (χ2n) is 5.75. The average Bonchev–Trinajstić information content (AvgIpc) is 3.15. The Morgan fingerprint density at radius 2 is 2.16 bits per heavy atom. The summed E-state index contributed by atoms with van der Waals surface area (Å²) < 4.78 is 5.37. The highest BCUT2D eigenvalue weighted by molar-refractivity contribution is 5.94.